The van der Waals surface area contributed by atoms with Gasteiger partial charge in [0.05, 0.1) is 0 Å². The molecular weight excluding hydrogens is 190 g/mol. The van der Waals surface area contributed by atoms with Crippen LogP contribution in [0.3, 0.4) is 0 Å². The van der Waals surface area contributed by atoms with Crippen LogP contribution in [0.2, 0.25) is 0 Å². The number of carboxylic acid groups (broad SMARTS) is 1. The van der Waals surface area contributed by atoms with E-state index in [0.29, 0.717) is 0 Å². The third-order valence-electron chi connectivity index (χ3n) is 3.07. The Morgan fingerprint density at radius 2 is 1.80 bits per heavy atom. The van der Waals surface area contributed by atoms with Gasteiger partial charge in [0.2, 0.25) is 0 Å². The minimum absolute atomic E-state index is 0.139. The topological polar surface area (TPSA) is 49.3 Å². The van der Waals surface area contributed by atoms with Crippen LogP contribution < -0.4 is 5.32 Å². The third kappa shape index (κ3) is 3.49. The highest BCUT2D eigenvalue weighted by atomic mass is 16.4. The van der Waals surface area contributed by atoms with Crippen molar-refractivity contribution in [3.05, 3.63) is 0 Å². The van der Waals surface area contributed by atoms with Gasteiger partial charge in [-0.25, -0.2) is 0 Å². The molecule has 0 bridgehead atoms. The molecule has 0 amide bonds. The third-order valence-corrected chi connectivity index (χ3v) is 3.07. The Bertz CT molecular complexity index is 224. The van der Waals surface area contributed by atoms with Gasteiger partial charge in [-0.3, -0.25) is 4.79 Å². The van der Waals surface area contributed by atoms with Crippen LogP contribution >= 0.6 is 0 Å². The zero-order valence-electron chi connectivity index (χ0n) is 10.1. The second-order valence-corrected chi connectivity index (χ2v) is 5.86. The summed E-state index contributed by atoms with van der Waals surface area (Å²) in [7, 11) is 0. The van der Waals surface area contributed by atoms with Gasteiger partial charge in [0.1, 0.15) is 5.54 Å². The number of carboxylic acids is 1. The predicted molar refractivity (Wildman–Crippen MR) is 60.9 cm³/mol. The predicted octanol–water partition coefficient (Wildman–Crippen LogP) is 2.41. The molecule has 1 fully saturated rings. The maximum atomic E-state index is 11.3. The molecule has 1 rings (SSSR count). The van der Waals surface area contributed by atoms with Gasteiger partial charge in [-0.05, 0) is 18.3 Å². The first-order valence-corrected chi connectivity index (χ1v) is 5.84. The Hall–Kier alpha value is -0.570. The van der Waals surface area contributed by atoms with E-state index in [1.165, 1.54) is 6.42 Å². The summed E-state index contributed by atoms with van der Waals surface area (Å²) in [6.45, 7) is 7.13. The molecule has 15 heavy (non-hydrogen) atoms. The Morgan fingerprint density at radius 1 is 1.27 bits per heavy atom. The van der Waals surface area contributed by atoms with E-state index in [9.17, 15) is 9.90 Å². The summed E-state index contributed by atoms with van der Waals surface area (Å²) in [5.41, 5.74) is -0.509. The average Bonchev–Trinajstić information content (AvgIpc) is 2.15. The smallest absolute Gasteiger partial charge is 0.323 e. The van der Waals surface area contributed by atoms with E-state index in [-0.39, 0.29) is 5.41 Å². The summed E-state index contributed by atoms with van der Waals surface area (Å²) >= 11 is 0. The van der Waals surface area contributed by atoms with Gasteiger partial charge in [-0.15, -0.1) is 0 Å². The molecule has 1 aliphatic rings. The number of hydrogen-bond acceptors (Lipinski definition) is 2. The van der Waals surface area contributed by atoms with Gasteiger partial charge in [0, 0.05) is 6.54 Å². The molecular formula is C12H23NO2. The molecule has 0 aliphatic heterocycles. The van der Waals surface area contributed by atoms with Crippen molar-refractivity contribution in [2.45, 2.75) is 58.4 Å². The van der Waals surface area contributed by atoms with Crippen molar-refractivity contribution < 1.29 is 9.90 Å². The molecule has 88 valence electrons. The van der Waals surface area contributed by atoms with E-state index in [1.54, 1.807) is 0 Å². The molecule has 1 aliphatic carbocycles. The fourth-order valence-corrected chi connectivity index (χ4v) is 2.06. The zero-order chi connectivity index (χ0) is 11.5. The first-order valence-electron chi connectivity index (χ1n) is 5.84. The number of nitrogens with one attached hydrogen (secondary N) is 1. The summed E-state index contributed by atoms with van der Waals surface area (Å²) in [6, 6.07) is 0. The second kappa shape index (κ2) is 4.52. The quantitative estimate of drug-likeness (QED) is 0.757. The molecule has 0 spiro atoms. The highest BCUT2D eigenvalue weighted by Crippen LogP contribution is 2.29. The fraction of sp³-hybridized carbons (Fsp3) is 0.917. The number of aliphatic carboxylic acids is 1. The summed E-state index contributed by atoms with van der Waals surface area (Å²) in [6.07, 6.45) is 4.79. The van der Waals surface area contributed by atoms with Gasteiger partial charge < -0.3 is 10.4 Å². The van der Waals surface area contributed by atoms with Crippen LogP contribution in [0.15, 0.2) is 0 Å². The van der Waals surface area contributed by atoms with Gasteiger partial charge in [-0.1, -0.05) is 40.0 Å². The van der Waals surface area contributed by atoms with Crippen molar-refractivity contribution in [3.63, 3.8) is 0 Å². The van der Waals surface area contributed by atoms with E-state index in [0.717, 1.165) is 32.2 Å². The normalized spacial score (nSPS) is 21.3. The van der Waals surface area contributed by atoms with Crippen molar-refractivity contribution in [1.82, 2.24) is 5.32 Å². The lowest BCUT2D eigenvalue weighted by atomic mass is 9.80. The fourth-order valence-electron chi connectivity index (χ4n) is 2.06. The van der Waals surface area contributed by atoms with E-state index in [1.807, 2.05) is 0 Å². The minimum Gasteiger partial charge on any atom is -0.480 e. The Morgan fingerprint density at radius 3 is 2.20 bits per heavy atom. The lowest BCUT2D eigenvalue weighted by Gasteiger charge is -2.36. The molecule has 0 radical (unpaired) electrons. The van der Waals surface area contributed by atoms with E-state index in [2.05, 4.69) is 26.1 Å². The summed E-state index contributed by atoms with van der Waals surface area (Å²) in [5.74, 6) is -0.675. The standard InChI is InChI=1S/C12H23NO2/c1-11(2,3)9-13-12(10(14)15)7-5-4-6-8-12/h13H,4-9H2,1-3H3,(H,14,15). The first kappa shape index (κ1) is 12.5. The zero-order valence-corrected chi connectivity index (χ0v) is 10.1. The molecule has 0 atom stereocenters. The maximum Gasteiger partial charge on any atom is 0.323 e. The largest absolute Gasteiger partial charge is 0.480 e. The van der Waals surface area contributed by atoms with Gasteiger partial charge in [0.25, 0.3) is 0 Å². The molecule has 0 unspecified atom stereocenters. The molecule has 3 nitrogen and oxygen atoms in total. The molecule has 0 aromatic carbocycles. The first-order chi connectivity index (χ1) is 6.86. The van der Waals surface area contributed by atoms with Gasteiger partial charge >= 0.3 is 5.97 Å². The van der Waals surface area contributed by atoms with Crippen LogP contribution in [0.1, 0.15) is 52.9 Å². The Balaban J connectivity index is 2.61. The molecule has 0 aromatic heterocycles. The van der Waals surface area contributed by atoms with Crippen LogP contribution in [0.4, 0.5) is 0 Å². The molecule has 1 saturated carbocycles. The highest BCUT2D eigenvalue weighted by molar-refractivity contribution is 5.78. The average molecular weight is 213 g/mol. The number of carbonyl (C=O) groups is 1. The molecule has 0 saturated heterocycles. The Labute approximate surface area is 92.3 Å². The summed E-state index contributed by atoms with van der Waals surface area (Å²) < 4.78 is 0. The maximum absolute atomic E-state index is 11.3. The van der Waals surface area contributed by atoms with Crippen LogP contribution in [0.25, 0.3) is 0 Å². The monoisotopic (exact) mass is 213 g/mol. The van der Waals surface area contributed by atoms with Crippen molar-refractivity contribution >= 4 is 5.97 Å². The lowest BCUT2D eigenvalue weighted by Crippen LogP contribution is -2.55. The number of rotatable bonds is 3. The second-order valence-electron chi connectivity index (χ2n) is 5.86. The summed E-state index contributed by atoms with van der Waals surface area (Å²) in [4.78, 5) is 11.3. The van der Waals surface area contributed by atoms with E-state index >= 15 is 0 Å². The van der Waals surface area contributed by atoms with Crippen molar-refractivity contribution in [3.8, 4) is 0 Å². The molecule has 0 aromatic rings. The van der Waals surface area contributed by atoms with E-state index < -0.39 is 11.5 Å². The highest BCUT2D eigenvalue weighted by Gasteiger charge is 2.39. The van der Waals surface area contributed by atoms with Crippen LogP contribution in [0.5, 0.6) is 0 Å². The molecule has 3 heteroatoms. The van der Waals surface area contributed by atoms with Crippen molar-refractivity contribution in [1.29, 1.82) is 0 Å². The van der Waals surface area contributed by atoms with Crippen molar-refractivity contribution in [2.24, 2.45) is 5.41 Å². The van der Waals surface area contributed by atoms with Gasteiger partial charge in [0.15, 0.2) is 0 Å². The summed E-state index contributed by atoms with van der Waals surface area (Å²) in [5, 5.41) is 12.6. The van der Waals surface area contributed by atoms with Crippen LogP contribution in [-0.4, -0.2) is 23.2 Å². The van der Waals surface area contributed by atoms with Crippen LogP contribution in [-0.2, 0) is 4.79 Å². The molecule has 2 N–H and O–H groups in total. The van der Waals surface area contributed by atoms with Gasteiger partial charge in [-0.2, -0.15) is 0 Å². The van der Waals surface area contributed by atoms with Crippen LogP contribution in [0, 0.1) is 5.41 Å². The Kier molecular flexibility index (Phi) is 3.77. The minimum atomic E-state index is -0.675. The molecule has 0 heterocycles. The SMILES string of the molecule is CC(C)(C)CNC1(C(=O)O)CCCCC1. The number of hydrogen-bond donors (Lipinski definition) is 2. The van der Waals surface area contributed by atoms with E-state index in [4.69, 9.17) is 0 Å². The van der Waals surface area contributed by atoms with Crippen molar-refractivity contribution in [2.75, 3.05) is 6.54 Å². The lowest BCUT2D eigenvalue weighted by molar-refractivity contribution is -0.146.